The van der Waals surface area contributed by atoms with Crippen molar-refractivity contribution in [2.45, 2.75) is 0 Å². The summed E-state index contributed by atoms with van der Waals surface area (Å²) in [5, 5.41) is 0.110. The van der Waals surface area contributed by atoms with Crippen molar-refractivity contribution in [2.75, 3.05) is 0 Å². The number of rotatable bonds is 0. The molecule has 0 atom stereocenters. The molecule has 11 heavy (non-hydrogen) atoms. The summed E-state index contributed by atoms with van der Waals surface area (Å²) in [5.41, 5.74) is 0. The average molecular weight is 142 g/mol. The first kappa shape index (κ1) is 2.98. The third kappa shape index (κ3) is 1.65. The van der Waals surface area contributed by atoms with E-state index in [4.69, 9.17) is 9.60 Å². The van der Waals surface area contributed by atoms with Crippen molar-refractivity contribution in [1.29, 1.82) is 0 Å². The fourth-order valence-corrected chi connectivity index (χ4v) is 0.736. The Kier molecular flexibility index (Phi) is 0.979. The minimum atomic E-state index is -0.423. The van der Waals surface area contributed by atoms with E-state index in [2.05, 4.69) is 0 Å². The van der Waals surface area contributed by atoms with Crippen molar-refractivity contribution in [2.24, 2.45) is 0 Å². The van der Waals surface area contributed by atoms with E-state index >= 15 is 0 Å². The van der Waals surface area contributed by atoms with Crippen LogP contribution in [0.3, 0.4) is 0 Å². The molecule has 0 unspecified atom stereocenters. The quantitative estimate of drug-likeness (QED) is 0.495. The third-order valence-corrected chi connectivity index (χ3v) is 1.19. The Morgan fingerprint density at radius 3 is 2.09 bits per heavy atom. The van der Waals surface area contributed by atoms with E-state index in [0.29, 0.717) is 0 Å². The van der Waals surface area contributed by atoms with Gasteiger partial charge in [-0.1, -0.05) is 48.4 Å². The second kappa shape index (κ2) is 3.62. The zero-order valence-corrected chi connectivity index (χ0v) is 6.08. The van der Waals surface area contributed by atoms with Crippen LogP contribution in [0.4, 0.5) is 0 Å². The molecule has 0 saturated carbocycles. The van der Waals surface area contributed by atoms with Crippen molar-refractivity contribution in [1.82, 2.24) is 0 Å². The Morgan fingerprint density at radius 2 is 1.36 bits per heavy atom. The maximum atomic E-state index is 7.68. The summed E-state index contributed by atoms with van der Waals surface area (Å²) in [4.78, 5) is 0. The maximum Gasteiger partial charge on any atom is 0.0629 e. The standard InChI is InChI=1S/C10H8.Li/c1-2-6-10-8-4-3-7-9(10)5-1;/h1-8H;/i1D,2D,3D,4D,5D,6D,7D;. The molecule has 0 aromatic heterocycles. The predicted molar refractivity (Wildman–Crippen MR) is 49.7 cm³/mol. The topological polar surface area (TPSA) is 0 Å². The van der Waals surface area contributed by atoms with Gasteiger partial charge in [0.1, 0.15) is 0 Å². The van der Waals surface area contributed by atoms with Crippen LogP contribution in [0.1, 0.15) is 9.60 Å². The largest absolute Gasteiger partial charge is 0.0629 e. The Bertz CT molecular complexity index is 630. The molecule has 0 aliphatic carbocycles. The molecule has 0 amide bonds. The van der Waals surface area contributed by atoms with Crippen molar-refractivity contribution in [3.63, 3.8) is 0 Å². The molecule has 49 valence electrons. The van der Waals surface area contributed by atoms with Crippen molar-refractivity contribution in [3.05, 3.63) is 48.4 Å². The maximum absolute atomic E-state index is 7.68. The SMILES string of the molecule is [2H]c1cc2c([2H])c([2H])c([2H])c([2H])c2c([2H])c1[2H].[Li]. The van der Waals surface area contributed by atoms with Gasteiger partial charge in [-0.15, -0.1) is 0 Å². The van der Waals surface area contributed by atoms with Crippen LogP contribution in [0, 0.1) is 0 Å². The van der Waals surface area contributed by atoms with E-state index in [0.717, 1.165) is 0 Å². The number of hydrogen-bond donors (Lipinski definition) is 0. The minimum absolute atomic E-state index is 0. The van der Waals surface area contributed by atoms with Crippen LogP contribution >= 0.6 is 0 Å². The molecule has 0 fully saturated rings. The van der Waals surface area contributed by atoms with E-state index in [9.17, 15) is 0 Å². The van der Waals surface area contributed by atoms with Crippen LogP contribution in [0.5, 0.6) is 0 Å². The predicted octanol–water partition coefficient (Wildman–Crippen LogP) is 2.46. The van der Waals surface area contributed by atoms with Gasteiger partial charge in [0.2, 0.25) is 0 Å². The Balaban J connectivity index is 0.00000162. The fourth-order valence-electron chi connectivity index (χ4n) is 0.736. The molecule has 0 aliphatic heterocycles. The summed E-state index contributed by atoms with van der Waals surface area (Å²) < 4.78 is 53.0. The Labute approximate surface area is 88.2 Å². The molecule has 2 aromatic carbocycles. The van der Waals surface area contributed by atoms with E-state index in [1.807, 2.05) is 0 Å². The van der Waals surface area contributed by atoms with Crippen LogP contribution < -0.4 is 0 Å². The molecule has 0 bridgehead atoms. The molecule has 0 spiro atoms. The zero-order chi connectivity index (χ0) is 12.9. The van der Waals surface area contributed by atoms with Gasteiger partial charge in [-0.2, -0.15) is 0 Å². The first-order valence-electron chi connectivity index (χ1n) is 6.33. The zero-order valence-electron chi connectivity index (χ0n) is 13.1. The third-order valence-electron chi connectivity index (χ3n) is 1.19. The van der Waals surface area contributed by atoms with Gasteiger partial charge in [-0.25, -0.2) is 0 Å². The number of hydrogen-bond acceptors (Lipinski definition) is 0. The molecule has 1 radical (unpaired) electrons. The van der Waals surface area contributed by atoms with E-state index in [1.165, 1.54) is 6.07 Å². The molecular formula is C10H8Li. The summed E-state index contributed by atoms with van der Waals surface area (Å²) in [5.74, 6) is 0. The molecule has 0 nitrogen and oxygen atoms in total. The number of fused-ring (bicyclic) bond motifs is 1. The molecular weight excluding hydrogens is 127 g/mol. The van der Waals surface area contributed by atoms with Crippen LogP contribution in [0.25, 0.3) is 10.8 Å². The van der Waals surface area contributed by atoms with Crippen LogP contribution in [0.15, 0.2) is 48.4 Å². The first-order valence-corrected chi connectivity index (χ1v) is 2.83. The molecule has 2 rings (SSSR count). The fraction of sp³-hybridized carbons (Fsp3) is 0. The van der Waals surface area contributed by atoms with Gasteiger partial charge in [-0.3, -0.25) is 0 Å². The monoisotopic (exact) mass is 142 g/mol. The van der Waals surface area contributed by atoms with Crippen LogP contribution in [-0.4, -0.2) is 18.9 Å². The van der Waals surface area contributed by atoms with Gasteiger partial charge in [-0.05, 0) is 10.8 Å². The normalized spacial score (nSPS) is 18.0. The second-order valence-corrected chi connectivity index (χ2v) is 1.83. The summed E-state index contributed by atoms with van der Waals surface area (Å²) in [6.07, 6.45) is 0. The van der Waals surface area contributed by atoms with Gasteiger partial charge in [0.15, 0.2) is 0 Å². The number of benzene rings is 2. The van der Waals surface area contributed by atoms with Gasteiger partial charge < -0.3 is 0 Å². The second-order valence-electron chi connectivity index (χ2n) is 1.83. The minimum Gasteiger partial charge on any atom is -0.0616 e. The van der Waals surface area contributed by atoms with Crippen LogP contribution in [-0.2, 0) is 0 Å². The molecule has 1 heteroatoms. The van der Waals surface area contributed by atoms with E-state index in [1.54, 1.807) is 0 Å². The van der Waals surface area contributed by atoms with Gasteiger partial charge in [0.05, 0.1) is 9.60 Å². The van der Waals surface area contributed by atoms with Gasteiger partial charge in [0, 0.05) is 18.9 Å². The van der Waals surface area contributed by atoms with Crippen molar-refractivity contribution >= 4 is 29.6 Å². The summed E-state index contributed by atoms with van der Waals surface area (Å²) in [6.45, 7) is 0. The molecule has 2 aromatic rings. The van der Waals surface area contributed by atoms with Gasteiger partial charge >= 0.3 is 0 Å². The van der Waals surface area contributed by atoms with Gasteiger partial charge in [0.25, 0.3) is 0 Å². The van der Waals surface area contributed by atoms with Crippen molar-refractivity contribution < 1.29 is 9.60 Å². The van der Waals surface area contributed by atoms with Crippen LogP contribution in [0.2, 0.25) is 0 Å². The van der Waals surface area contributed by atoms with E-state index in [-0.39, 0.29) is 65.9 Å². The Morgan fingerprint density at radius 1 is 0.818 bits per heavy atom. The average Bonchev–Trinajstić information content (AvgIpc) is 2.30. The van der Waals surface area contributed by atoms with Crippen molar-refractivity contribution in [3.8, 4) is 0 Å². The molecule has 0 saturated heterocycles. The smallest absolute Gasteiger partial charge is 0.0616 e. The molecule has 0 N–H and O–H groups in total. The van der Waals surface area contributed by atoms with E-state index < -0.39 is 6.04 Å². The first-order chi connectivity index (χ1) is 7.86. The summed E-state index contributed by atoms with van der Waals surface area (Å²) in [6, 6.07) is -1.10. The summed E-state index contributed by atoms with van der Waals surface area (Å²) in [7, 11) is 0. The summed E-state index contributed by atoms with van der Waals surface area (Å²) >= 11 is 0. The Hall–Kier alpha value is -0.703. The molecule has 0 aliphatic rings. The molecule has 0 heterocycles.